The molecule has 2 amide bonds. The van der Waals surface area contributed by atoms with E-state index < -0.39 is 0 Å². The summed E-state index contributed by atoms with van der Waals surface area (Å²) < 4.78 is 11.0. The van der Waals surface area contributed by atoms with Crippen LogP contribution in [0.5, 0.6) is 11.5 Å². The fourth-order valence-electron chi connectivity index (χ4n) is 3.13. The van der Waals surface area contributed by atoms with Crippen LogP contribution >= 0.6 is 52.1 Å². The molecule has 0 bridgehead atoms. The Labute approximate surface area is 219 Å². The molecular formula is C21H31BrCl2N4O4S. The van der Waals surface area contributed by atoms with Crippen molar-refractivity contribution in [2.24, 2.45) is 0 Å². The second-order valence-corrected chi connectivity index (χ2v) is 9.07. The number of hydrogen-bond acceptors (Lipinski definition) is 7. The van der Waals surface area contributed by atoms with E-state index >= 15 is 0 Å². The highest BCUT2D eigenvalue weighted by Crippen LogP contribution is 2.33. The Morgan fingerprint density at radius 1 is 1.06 bits per heavy atom. The third-order valence-electron chi connectivity index (χ3n) is 4.66. The van der Waals surface area contributed by atoms with E-state index in [-0.39, 0.29) is 42.3 Å². The van der Waals surface area contributed by atoms with Crippen LogP contribution in [0, 0.1) is 0 Å². The van der Waals surface area contributed by atoms with Gasteiger partial charge in [-0.25, -0.2) is 4.98 Å². The van der Waals surface area contributed by atoms with Crippen molar-refractivity contribution in [1.82, 2.24) is 15.2 Å². The summed E-state index contributed by atoms with van der Waals surface area (Å²) in [5.41, 5.74) is 0.633. The number of nitrogens with one attached hydrogen (secondary N) is 2. The fourth-order valence-corrected chi connectivity index (χ4v) is 4.32. The van der Waals surface area contributed by atoms with Crippen LogP contribution < -0.4 is 20.1 Å². The molecule has 0 aliphatic rings. The molecule has 0 aliphatic carbocycles. The molecule has 186 valence electrons. The summed E-state index contributed by atoms with van der Waals surface area (Å²) in [6.07, 6.45) is 0. The number of amides is 2. The maximum atomic E-state index is 12.7. The Morgan fingerprint density at radius 2 is 1.64 bits per heavy atom. The van der Waals surface area contributed by atoms with Gasteiger partial charge in [-0.15, -0.1) is 36.2 Å². The number of aromatic nitrogens is 1. The summed E-state index contributed by atoms with van der Waals surface area (Å²) >= 11 is 4.56. The van der Waals surface area contributed by atoms with E-state index in [0.717, 1.165) is 6.54 Å². The van der Waals surface area contributed by atoms with E-state index in [2.05, 4.69) is 64.1 Å². The zero-order valence-electron chi connectivity index (χ0n) is 19.4. The molecule has 8 nitrogen and oxygen atoms in total. The zero-order chi connectivity index (χ0) is 23.1. The number of ether oxygens (including phenoxy) is 2. The number of halogens is 3. The highest BCUT2D eigenvalue weighted by Gasteiger charge is 2.18. The van der Waals surface area contributed by atoms with Crippen LogP contribution in [-0.2, 0) is 0 Å². The number of carbonyl (C=O) groups is 2. The average molecular weight is 586 g/mol. The van der Waals surface area contributed by atoms with Crippen molar-refractivity contribution in [1.29, 1.82) is 0 Å². The Balaban J connectivity index is 0.00000512. The smallest absolute Gasteiger partial charge is 0.270 e. The Morgan fingerprint density at radius 3 is 2.18 bits per heavy atom. The first-order valence-corrected chi connectivity index (χ1v) is 11.6. The third kappa shape index (κ3) is 8.60. The molecule has 0 saturated carbocycles. The SMILES string of the molecule is COc1cc(Br)c(C(=O)Nc2nc(C(=O)NCCN(C(C)C)C(C)C)cs2)cc1OC.Cl.Cl. The molecule has 1 heterocycles. The number of benzene rings is 1. The van der Waals surface area contributed by atoms with E-state index in [4.69, 9.17) is 9.47 Å². The monoisotopic (exact) mass is 584 g/mol. The van der Waals surface area contributed by atoms with Crippen molar-refractivity contribution < 1.29 is 19.1 Å². The number of hydrogen-bond donors (Lipinski definition) is 2. The Kier molecular flexibility index (Phi) is 13.9. The molecule has 0 fully saturated rings. The topological polar surface area (TPSA) is 92.8 Å². The highest BCUT2D eigenvalue weighted by atomic mass is 79.9. The first-order chi connectivity index (χ1) is 14.7. The van der Waals surface area contributed by atoms with Crippen molar-refractivity contribution in [2.75, 3.05) is 32.6 Å². The predicted octanol–water partition coefficient (Wildman–Crippen LogP) is 4.87. The quantitative estimate of drug-likeness (QED) is 0.413. The number of thiazole rings is 1. The van der Waals surface area contributed by atoms with Crippen LogP contribution in [0.3, 0.4) is 0 Å². The molecule has 0 spiro atoms. The van der Waals surface area contributed by atoms with Gasteiger partial charge < -0.3 is 14.8 Å². The van der Waals surface area contributed by atoms with Crippen molar-refractivity contribution in [3.05, 3.63) is 33.2 Å². The number of methoxy groups -OCH3 is 2. The van der Waals surface area contributed by atoms with Crippen molar-refractivity contribution in [2.45, 2.75) is 39.8 Å². The van der Waals surface area contributed by atoms with Crippen molar-refractivity contribution in [3.8, 4) is 11.5 Å². The molecule has 2 N–H and O–H groups in total. The van der Waals surface area contributed by atoms with Crippen LogP contribution in [0.4, 0.5) is 5.13 Å². The molecular weight excluding hydrogens is 555 g/mol. The minimum absolute atomic E-state index is 0. The van der Waals surface area contributed by atoms with Gasteiger partial charge in [0.1, 0.15) is 5.69 Å². The summed E-state index contributed by atoms with van der Waals surface area (Å²) in [7, 11) is 3.02. The fraction of sp³-hybridized carbons (Fsp3) is 0.476. The minimum atomic E-state index is -0.376. The van der Waals surface area contributed by atoms with Crippen LogP contribution in [0.2, 0.25) is 0 Å². The lowest BCUT2D eigenvalue weighted by atomic mass is 10.2. The Hall–Kier alpha value is -1.59. The summed E-state index contributed by atoms with van der Waals surface area (Å²) in [6, 6.07) is 4.03. The van der Waals surface area contributed by atoms with E-state index in [1.54, 1.807) is 17.5 Å². The second kappa shape index (κ2) is 14.6. The largest absolute Gasteiger partial charge is 0.493 e. The maximum absolute atomic E-state index is 12.7. The lowest BCUT2D eigenvalue weighted by Gasteiger charge is -2.30. The number of anilines is 1. The zero-order valence-corrected chi connectivity index (χ0v) is 23.5. The molecule has 0 aliphatic heterocycles. The standard InChI is InChI=1S/C21H29BrN4O4S.2ClH/c1-12(2)26(13(3)4)8-7-23-20(28)16-11-31-21(24-16)25-19(27)14-9-17(29-5)18(30-6)10-15(14)22;;/h9-13H,7-8H2,1-6H3,(H,23,28)(H,24,25,27);2*1H. The summed E-state index contributed by atoms with van der Waals surface area (Å²) in [6.45, 7) is 9.80. The van der Waals surface area contributed by atoms with Crippen LogP contribution in [0.25, 0.3) is 0 Å². The molecule has 12 heteroatoms. The van der Waals surface area contributed by atoms with Gasteiger partial charge in [0.05, 0.1) is 19.8 Å². The van der Waals surface area contributed by atoms with Gasteiger partial charge in [0.25, 0.3) is 11.8 Å². The lowest BCUT2D eigenvalue weighted by molar-refractivity contribution is 0.0934. The van der Waals surface area contributed by atoms with Gasteiger partial charge in [0.2, 0.25) is 0 Å². The van der Waals surface area contributed by atoms with E-state index in [1.807, 2.05) is 0 Å². The molecule has 1 aromatic heterocycles. The second-order valence-electron chi connectivity index (χ2n) is 7.36. The van der Waals surface area contributed by atoms with Crippen LogP contribution in [0.1, 0.15) is 48.5 Å². The van der Waals surface area contributed by atoms with E-state index in [0.29, 0.717) is 45.3 Å². The first kappa shape index (κ1) is 31.4. The first-order valence-electron chi connectivity index (χ1n) is 9.90. The van der Waals surface area contributed by atoms with Crippen molar-refractivity contribution in [3.63, 3.8) is 0 Å². The van der Waals surface area contributed by atoms with Gasteiger partial charge in [-0.3, -0.25) is 19.8 Å². The molecule has 1 aromatic carbocycles. The van der Waals surface area contributed by atoms with E-state index in [1.165, 1.54) is 25.6 Å². The van der Waals surface area contributed by atoms with Gasteiger partial charge >= 0.3 is 0 Å². The number of nitrogens with zero attached hydrogens (tertiary/aromatic N) is 2. The molecule has 2 rings (SSSR count). The molecule has 0 atom stereocenters. The third-order valence-corrected chi connectivity index (χ3v) is 6.07. The Bertz CT molecular complexity index is 920. The normalized spacial score (nSPS) is 10.5. The van der Waals surface area contributed by atoms with Gasteiger partial charge in [0, 0.05) is 35.0 Å². The van der Waals surface area contributed by atoms with Gasteiger partial charge in [-0.1, -0.05) is 0 Å². The minimum Gasteiger partial charge on any atom is -0.493 e. The van der Waals surface area contributed by atoms with E-state index in [9.17, 15) is 9.59 Å². The molecule has 33 heavy (non-hydrogen) atoms. The molecule has 0 saturated heterocycles. The predicted molar refractivity (Wildman–Crippen MR) is 141 cm³/mol. The maximum Gasteiger partial charge on any atom is 0.270 e. The van der Waals surface area contributed by atoms with Gasteiger partial charge in [-0.2, -0.15) is 0 Å². The van der Waals surface area contributed by atoms with Gasteiger partial charge in [0.15, 0.2) is 16.6 Å². The summed E-state index contributed by atoms with van der Waals surface area (Å²) in [5, 5.41) is 7.57. The lowest BCUT2D eigenvalue weighted by Crippen LogP contribution is -2.42. The summed E-state index contributed by atoms with van der Waals surface area (Å²) in [4.78, 5) is 31.6. The van der Waals surface area contributed by atoms with Crippen molar-refractivity contribution >= 4 is 69.0 Å². The van der Waals surface area contributed by atoms with Crippen LogP contribution in [-0.4, -0.2) is 61.1 Å². The number of carbonyl (C=O) groups excluding carboxylic acids is 2. The highest BCUT2D eigenvalue weighted by molar-refractivity contribution is 9.10. The summed E-state index contributed by atoms with van der Waals surface area (Å²) in [5.74, 6) is 0.301. The molecule has 2 aromatic rings. The number of rotatable bonds is 10. The van der Waals surface area contributed by atoms with Crippen LogP contribution in [0.15, 0.2) is 22.0 Å². The van der Waals surface area contributed by atoms with Gasteiger partial charge in [-0.05, 0) is 55.8 Å². The average Bonchev–Trinajstić information content (AvgIpc) is 3.18. The molecule has 0 radical (unpaired) electrons. The molecule has 0 unspecified atom stereocenters.